The van der Waals surface area contributed by atoms with Crippen molar-refractivity contribution in [3.63, 3.8) is 0 Å². The van der Waals surface area contributed by atoms with Gasteiger partial charge in [0, 0.05) is 32.1 Å². The lowest BCUT2D eigenvalue weighted by molar-refractivity contribution is -0.135. The number of fused-ring (bicyclic) bond motifs is 1. The first-order valence-electron chi connectivity index (χ1n) is 8.28. The summed E-state index contributed by atoms with van der Waals surface area (Å²) in [7, 11) is 3.46. The summed E-state index contributed by atoms with van der Waals surface area (Å²) < 4.78 is 5.93. The second-order valence-corrected chi connectivity index (χ2v) is 6.44. The molecule has 2 aromatic carbocycles. The van der Waals surface area contributed by atoms with Crippen LogP contribution in [0.3, 0.4) is 0 Å². The fourth-order valence-corrected chi connectivity index (χ4v) is 2.91. The van der Waals surface area contributed by atoms with Crippen molar-refractivity contribution in [2.24, 2.45) is 0 Å². The molecule has 1 unspecified atom stereocenters. The predicted molar refractivity (Wildman–Crippen MR) is 101 cm³/mol. The van der Waals surface area contributed by atoms with Gasteiger partial charge < -0.3 is 9.64 Å². The largest absolute Gasteiger partial charge is 0.481 e. The fourth-order valence-electron chi connectivity index (χ4n) is 2.91. The number of hydrogen-bond donors (Lipinski definition) is 0. The number of aromatic nitrogens is 1. The summed E-state index contributed by atoms with van der Waals surface area (Å²) >= 11 is 0. The van der Waals surface area contributed by atoms with E-state index in [1.54, 1.807) is 21.0 Å². The van der Waals surface area contributed by atoms with Gasteiger partial charge in [-0.3, -0.25) is 9.78 Å². The third-order valence-electron chi connectivity index (χ3n) is 4.12. The first-order chi connectivity index (χ1) is 12.0. The molecule has 0 aliphatic heterocycles. The summed E-state index contributed by atoms with van der Waals surface area (Å²) in [6.07, 6.45) is 3.15. The molecule has 0 saturated heterocycles. The van der Waals surface area contributed by atoms with E-state index >= 15 is 0 Å². The molecule has 0 radical (unpaired) electrons. The van der Waals surface area contributed by atoms with Gasteiger partial charge in [-0.2, -0.15) is 0 Å². The van der Waals surface area contributed by atoms with Gasteiger partial charge in [-0.25, -0.2) is 0 Å². The van der Waals surface area contributed by atoms with E-state index in [1.165, 1.54) is 4.90 Å². The minimum Gasteiger partial charge on any atom is -0.481 e. The molecule has 1 heterocycles. The number of rotatable bonds is 4. The van der Waals surface area contributed by atoms with Crippen LogP contribution in [0, 0.1) is 6.92 Å². The second-order valence-electron chi connectivity index (χ2n) is 6.44. The third-order valence-corrected chi connectivity index (χ3v) is 4.12. The molecule has 1 atom stereocenters. The Hall–Kier alpha value is -2.88. The Bertz CT molecular complexity index is 919. The van der Waals surface area contributed by atoms with Gasteiger partial charge in [-0.1, -0.05) is 24.3 Å². The Morgan fingerprint density at radius 2 is 1.88 bits per heavy atom. The lowest BCUT2D eigenvalue weighted by atomic mass is 9.98. The number of benzene rings is 2. The lowest BCUT2D eigenvalue weighted by Gasteiger charge is -2.19. The van der Waals surface area contributed by atoms with Crippen molar-refractivity contribution in [2.75, 3.05) is 14.1 Å². The van der Waals surface area contributed by atoms with Crippen LogP contribution in [-0.2, 0) is 4.79 Å². The van der Waals surface area contributed by atoms with Gasteiger partial charge >= 0.3 is 0 Å². The summed E-state index contributed by atoms with van der Waals surface area (Å²) in [4.78, 5) is 17.9. The molecular weight excluding hydrogens is 312 g/mol. The van der Waals surface area contributed by atoms with Gasteiger partial charge in [0.05, 0.1) is 0 Å². The van der Waals surface area contributed by atoms with Crippen LogP contribution >= 0.6 is 0 Å². The van der Waals surface area contributed by atoms with Gasteiger partial charge in [0.25, 0.3) is 5.91 Å². The van der Waals surface area contributed by atoms with E-state index in [4.69, 9.17) is 4.74 Å². The summed E-state index contributed by atoms with van der Waals surface area (Å²) in [5, 5.41) is 2.20. The number of nitrogens with zero attached hydrogens (tertiary/aromatic N) is 2. The molecule has 0 N–H and O–H groups in total. The minimum absolute atomic E-state index is 0.0630. The van der Waals surface area contributed by atoms with E-state index in [0.29, 0.717) is 5.75 Å². The van der Waals surface area contributed by atoms with E-state index in [9.17, 15) is 4.79 Å². The van der Waals surface area contributed by atoms with Gasteiger partial charge in [-0.15, -0.1) is 0 Å². The van der Waals surface area contributed by atoms with Crippen molar-refractivity contribution in [3.05, 3.63) is 60.4 Å². The number of likely N-dealkylation sites (N-methyl/N-ethyl adjacent to an activating group) is 1. The van der Waals surface area contributed by atoms with Crippen LogP contribution in [0.5, 0.6) is 5.75 Å². The van der Waals surface area contributed by atoms with Crippen LogP contribution in [0.2, 0.25) is 0 Å². The van der Waals surface area contributed by atoms with E-state index in [-0.39, 0.29) is 5.91 Å². The average Bonchev–Trinajstić information content (AvgIpc) is 2.60. The van der Waals surface area contributed by atoms with Crippen molar-refractivity contribution >= 4 is 16.7 Å². The molecule has 4 heteroatoms. The molecule has 3 aromatic rings. The van der Waals surface area contributed by atoms with E-state index in [2.05, 4.69) is 17.1 Å². The highest BCUT2D eigenvalue weighted by Crippen LogP contribution is 2.33. The Labute approximate surface area is 148 Å². The second kappa shape index (κ2) is 6.93. The molecule has 0 fully saturated rings. The van der Waals surface area contributed by atoms with Crippen molar-refractivity contribution in [3.8, 4) is 16.9 Å². The zero-order chi connectivity index (χ0) is 18.0. The monoisotopic (exact) mass is 334 g/mol. The number of pyridine rings is 1. The molecular formula is C21H22N2O2. The Balaban J connectivity index is 2.08. The van der Waals surface area contributed by atoms with Crippen molar-refractivity contribution in [2.45, 2.75) is 20.0 Å². The molecule has 1 amide bonds. The molecule has 25 heavy (non-hydrogen) atoms. The quantitative estimate of drug-likeness (QED) is 0.722. The molecule has 0 spiro atoms. The summed E-state index contributed by atoms with van der Waals surface area (Å²) in [5.41, 5.74) is 3.19. The fraction of sp³-hybridized carbons (Fsp3) is 0.238. The number of ether oxygens (including phenoxy) is 1. The molecule has 0 bridgehead atoms. The normalized spacial score (nSPS) is 12.0. The number of carbonyl (C=O) groups is 1. The lowest BCUT2D eigenvalue weighted by Crippen LogP contribution is -2.35. The van der Waals surface area contributed by atoms with E-state index in [0.717, 1.165) is 27.5 Å². The van der Waals surface area contributed by atoms with Gasteiger partial charge in [0.2, 0.25) is 0 Å². The molecule has 0 aliphatic rings. The number of hydrogen-bond acceptors (Lipinski definition) is 3. The molecule has 4 nitrogen and oxygen atoms in total. The highest BCUT2D eigenvalue weighted by atomic mass is 16.5. The van der Waals surface area contributed by atoms with Crippen molar-refractivity contribution in [1.82, 2.24) is 9.88 Å². The third kappa shape index (κ3) is 3.63. The standard InChI is InChI=1S/C21H22N2O2/c1-14-9-17(13-22-12-14)20-11-18(25-15(2)21(24)23(3)4)10-16-7-5-6-8-19(16)20/h5-13,15H,1-4H3. The highest BCUT2D eigenvalue weighted by Gasteiger charge is 2.17. The van der Waals surface area contributed by atoms with Gasteiger partial charge in [0.1, 0.15) is 5.75 Å². The van der Waals surface area contributed by atoms with E-state index < -0.39 is 6.10 Å². The van der Waals surface area contributed by atoms with Crippen LogP contribution in [0.4, 0.5) is 0 Å². The minimum atomic E-state index is -0.542. The van der Waals surface area contributed by atoms with E-state index in [1.807, 2.05) is 49.6 Å². The molecule has 0 saturated carbocycles. The average molecular weight is 334 g/mol. The zero-order valence-corrected chi connectivity index (χ0v) is 15.0. The first kappa shape index (κ1) is 17.0. The maximum Gasteiger partial charge on any atom is 0.262 e. The zero-order valence-electron chi connectivity index (χ0n) is 15.0. The van der Waals surface area contributed by atoms with Crippen LogP contribution in [0.1, 0.15) is 12.5 Å². The van der Waals surface area contributed by atoms with Crippen LogP contribution < -0.4 is 4.74 Å². The Morgan fingerprint density at radius 3 is 2.60 bits per heavy atom. The predicted octanol–water partition coefficient (Wildman–Crippen LogP) is 4.07. The maximum atomic E-state index is 12.1. The topological polar surface area (TPSA) is 42.4 Å². The molecule has 0 aliphatic carbocycles. The highest BCUT2D eigenvalue weighted by molar-refractivity contribution is 5.98. The van der Waals surface area contributed by atoms with Crippen LogP contribution in [0.25, 0.3) is 21.9 Å². The Kier molecular flexibility index (Phi) is 4.70. The van der Waals surface area contributed by atoms with Gasteiger partial charge in [-0.05, 0) is 53.9 Å². The van der Waals surface area contributed by atoms with Gasteiger partial charge in [0.15, 0.2) is 6.10 Å². The number of aryl methyl sites for hydroxylation is 1. The summed E-state index contributed by atoms with van der Waals surface area (Å²) in [6, 6.07) is 14.2. The van der Waals surface area contributed by atoms with Crippen molar-refractivity contribution < 1.29 is 9.53 Å². The summed E-state index contributed by atoms with van der Waals surface area (Å²) in [6.45, 7) is 3.79. The van der Waals surface area contributed by atoms with Crippen LogP contribution in [-0.4, -0.2) is 36.0 Å². The number of carbonyl (C=O) groups excluding carboxylic acids is 1. The molecule has 3 rings (SSSR count). The van der Waals surface area contributed by atoms with Crippen molar-refractivity contribution in [1.29, 1.82) is 0 Å². The number of amides is 1. The summed E-state index contributed by atoms with van der Waals surface area (Å²) in [5.74, 6) is 0.616. The molecule has 128 valence electrons. The Morgan fingerprint density at radius 1 is 1.12 bits per heavy atom. The first-order valence-corrected chi connectivity index (χ1v) is 8.28. The smallest absolute Gasteiger partial charge is 0.262 e. The van der Waals surface area contributed by atoms with Crippen LogP contribution in [0.15, 0.2) is 54.9 Å². The maximum absolute atomic E-state index is 12.1. The SMILES string of the molecule is Cc1cncc(-c2cc(OC(C)C(=O)N(C)C)cc3ccccc23)c1. The molecule has 1 aromatic heterocycles.